The Morgan fingerprint density at radius 1 is 1.06 bits per heavy atom. The molecule has 1 N–H and O–H groups in total. The van der Waals surface area contributed by atoms with Crippen LogP contribution in [0.1, 0.15) is 22.3 Å². The van der Waals surface area contributed by atoms with Crippen LogP contribution < -0.4 is 14.8 Å². The van der Waals surface area contributed by atoms with Crippen molar-refractivity contribution in [1.82, 2.24) is 0 Å². The summed E-state index contributed by atoms with van der Waals surface area (Å²) in [7, 11) is 1.52. The summed E-state index contributed by atoms with van der Waals surface area (Å²) >= 11 is 6.41. The second-order valence-electron chi connectivity index (χ2n) is 7.27. The molecule has 0 aliphatic rings. The number of benzene rings is 3. The number of rotatable bonds is 7. The number of anilines is 1. The van der Waals surface area contributed by atoms with Crippen molar-refractivity contribution in [3.05, 3.63) is 81.9 Å². The zero-order valence-electron chi connectivity index (χ0n) is 18.0. The van der Waals surface area contributed by atoms with Crippen LogP contribution in [0, 0.1) is 20.8 Å². The number of hydrogen-bond acceptors (Lipinski definition) is 4. The molecule has 0 spiro atoms. The quantitative estimate of drug-likeness (QED) is 0.459. The second kappa shape index (κ2) is 10.1. The fraction of sp³-hybridized carbons (Fsp3) is 0.200. The van der Waals surface area contributed by atoms with E-state index in [0.717, 1.165) is 16.8 Å². The number of nitrogens with zero attached hydrogens (tertiary/aromatic N) is 1. The van der Waals surface area contributed by atoms with Gasteiger partial charge in [-0.05, 0) is 79.4 Å². The summed E-state index contributed by atoms with van der Waals surface area (Å²) < 4.78 is 11.1. The van der Waals surface area contributed by atoms with Crippen LogP contribution in [-0.4, -0.2) is 25.8 Å². The van der Waals surface area contributed by atoms with Crippen molar-refractivity contribution in [2.45, 2.75) is 20.8 Å². The van der Waals surface area contributed by atoms with Gasteiger partial charge in [-0.15, -0.1) is 0 Å². The van der Waals surface area contributed by atoms with Crippen LogP contribution in [0.2, 0.25) is 5.02 Å². The Morgan fingerprint density at radius 2 is 1.87 bits per heavy atom. The van der Waals surface area contributed by atoms with E-state index < -0.39 is 0 Å². The fourth-order valence-electron chi connectivity index (χ4n) is 2.97. The van der Waals surface area contributed by atoms with Gasteiger partial charge in [0, 0.05) is 11.9 Å². The number of amides is 1. The Morgan fingerprint density at radius 3 is 2.58 bits per heavy atom. The molecule has 0 aliphatic carbocycles. The van der Waals surface area contributed by atoms with Crippen LogP contribution in [-0.2, 0) is 4.79 Å². The molecule has 0 unspecified atom stereocenters. The molecule has 3 rings (SSSR count). The van der Waals surface area contributed by atoms with Crippen LogP contribution in [0.3, 0.4) is 0 Å². The van der Waals surface area contributed by atoms with E-state index in [2.05, 4.69) is 24.2 Å². The first-order valence-corrected chi connectivity index (χ1v) is 10.2. The monoisotopic (exact) mass is 436 g/mol. The van der Waals surface area contributed by atoms with Gasteiger partial charge in [-0.3, -0.25) is 9.79 Å². The summed E-state index contributed by atoms with van der Waals surface area (Å²) in [6.45, 7) is 5.88. The predicted octanol–water partition coefficient (Wildman–Crippen LogP) is 6.04. The van der Waals surface area contributed by atoms with Gasteiger partial charge >= 0.3 is 0 Å². The Hall–Kier alpha value is -3.31. The third kappa shape index (κ3) is 6.09. The van der Waals surface area contributed by atoms with E-state index in [1.165, 1.54) is 18.2 Å². The van der Waals surface area contributed by atoms with Gasteiger partial charge < -0.3 is 14.8 Å². The number of carbonyl (C=O) groups is 1. The van der Waals surface area contributed by atoms with Crippen LogP contribution in [0.5, 0.6) is 11.5 Å². The van der Waals surface area contributed by atoms with Gasteiger partial charge in [0.1, 0.15) is 0 Å². The van der Waals surface area contributed by atoms with E-state index in [9.17, 15) is 4.79 Å². The number of carbonyl (C=O) groups excluding carboxylic acids is 1. The Balaban J connectivity index is 1.70. The van der Waals surface area contributed by atoms with Gasteiger partial charge in [0.25, 0.3) is 5.91 Å². The number of methoxy groups -OCH3 is 1. The second-order valence-corrected chi connectivity index (χ2v) is 7.67. The van der Waals surface area contributed by atoms with Crippen molar-refractivity contribution in [2.75, 3.05) is 19.0 Å². The molecule has 6 heteroatoms. The first-order valence-electron chi connectivity index (χ1n) is 9.84. The molecule has 160 valence electrons. The van der Waals surface area contributed by atoms with Crippen molar-refractivity contribution < 1.29 is 14.3 Å². The lowest BCUT2D eigenvalue weighted by Crippen LogP contribution is -2.20. The number of halogens is 1. The van der Waals surface area contributed by atoms with Gasteiger partial charge in [-0.1, -0.05) is 29.8 Å². The van der Waals surface area contributed by atoms with Crippen molar-refractivity contribution in [2.24, 2.45) is 4.99 Å². The van der Waals surface area contributed by atoms with Crippen molar-refractivity contribution in [1.29, 1.82) is 0 Å². The maximum Gasteiger partial charge on any atom is 0.262 e. The van der Waals surface area contributed by atoms with Crippen molar-refractivity contribution >= 4 is 35.1 Å². The molecule has 1 amide bonds. The first kappa shape index (κ1) is 22.4. The maximum absolute atomic E-state index is 12.2. The summed E-state index contributed by atoms with van der Waals surface area (Å²) in [6, 6.07) is 17.1. The van der Waals surface area contributed by atoms with Gasteiger partial charge in [0.05, 0.1) is 17.8 Å². The lowest BCUT2D eigenvalue weighted by molar-refractivity contribution is -0.118. The van der Waals surface area contributed by atoms with Crippen molar-refractivity contribution in [3.8, 4) is 11.5 Å². The van der Waals surface area contributed by atoms with Crippen LogP contribution in [0.15, 0.2) is 59.6 Å². The van der Waals surface area contributed by atoms with Gasteiger partial charge in [-0.2, -0.15) is 0 Å². The topological polar surface area (TPSA) is 59.9 Å². The van der Waals surface area contributed by atoms with Gasteiger partial charge in [-0.25, -0.2) is 0 Å². The molecule has 31 heavy (non-hydrogen) atoms. The largest absolute Gasteiger partial charge is 0.493 e. The Labute approximate surface area is 187 Å². The molecule has 3 aromatic rings. The predicted molar refractivity (Wildman–Crippen MR) is 126 cm³/mol. The maximum atomic E-state index is 12.2. The molecular formula is C25H25ClN2O3. The Bertz CT molecular complexity index is 1130. The zero-order chi connectivity index (χ0) is 22.4. The van der Waals surface area contributed by atoms with Crippen LogP contribution in [0.25, 0.3) is 0 Å². The minimum absolute atomic E-state index is 0.194. The molecule has 0 heterocycles. The average molecular weight is 437 g/mol. The van der Waals surface area contributed by atoms with Crippen LogP contribution in [0.4, 0.5) is 11.4 Å². The normalized spacial score (nSPS) is 10.9. The van der Waals surface area contributed by atoms with E-state index in [-0.39, 0.29) is 12.5 Å². The van der Waals surface area contributed by atoms with Gasteiger partial charge in [0.15, 0.2) is 18.1 Å². The highest BCUT2D eigenvalue weighted by Crippen LogP contribution is 2.36. The minimum atomic E-state index is -0.288. The molecule has 0 fully saturated rings. The summed E-state index contributed by atoms with van der Waals surface area (Å²) in [4.78, 5) is 16.8. The molecule has 0 aromatic heterocycles. The third-order valence-electron chi connectivity index (χ3n) is 4.75. The number of ether oxygens (including phenoxy) is 2. The zero-order valence-corrected chi connectivity index (χ0v) is 18.8. The standard InChI is InChI=1S/C25H25ClN2O3/c1-16-6-5-7-21(10-16)28-24(29)15-31-25-22(26)12-19(13-23(25)30-4)14-27-20-9-8-17(2)18(3)11-20/h5-14H,15H2,1-4H3,(H,28,29). The molecule has 3 aromatic carbocycles. The molecule has 0 radical (unpaired) electrons. The van der Waals surface area contributed by atoms with E-state index >= 15 is 0 Å². The number of nitrogens with one attached hydrogen (secondary N) is 1. The summed E-state index contributed by atoms with van der Waals surface area (Å²) in [5.74, 6) is 0.452. The SMILES string of the molecule is COc1cc(C=Nc2ccc(C)c(C)c2)cc(Cl)c1OCC(=O)Nc1cccc(C)c1. The lowest BCUT2D eigenvalue weighted by Gasteiger charge is -2.13. The number of aryl methyl sites for hydroxylation is 3. The Kier molecular flexibility index (Phi) is 7.32. The van der Waals surface area contributed by atoms with Gasteiger partial charge in [0.2, 0.25) is 0 Å². The lowest BCUT2D eigenvalue weighted by atomic mass is 10.1. The molecule has 0 saturated heterocycles. The average Bonchev–Trinajstić information content (AvgIpc) is 2.73. The highest BCUT2D eigenvalue weighted by Gasteiger charge is 2.14. The number of hydrogen-bond donors (Lipinski definition) is 1. The highest BCUT2D eigenvalue weighted by atomic mass is 35.5. The molecular weight excluding hydrogens is 412 g/mol. The van der Waals surface area contributed by atoms with E-state index in [4.69, 9.17) is 21.1 Å². The molecule has 5 nitrogen and oxygen atoms in total. The van der Waals surface area contributed by atoms with E-state index in [0.29, 0.717) is 22.2 Å². The van der Waals surface area contributed by atoms with E-state index in [1.807, 2.05) is 49.4 Å². The molecule has 0 atom stereocenters. The molecule has 0 bridgehead atoms. The highest BCUT2D eigenvalue weighted by molar-refractivity contribution is 6.32. The number of aliphatic imine (C=N–C) groups is 1. The fourth-order valence-corrected chi connectivity index (χ4v) is 3.24. The summed E-state index contributed by atoms with van der Waals surface area (Å²) in [5.41, 5.74) is 5.78. The third-order valence-corrected chi connectivity index (χ3v) is 5.04. The smallest absolute Gasteiger partial charge is 0.262 e. The minimum Gasteiger partial charge on any atom is -0.493 e. The molecule has 0 saturated carbocycles. The van der Waals surface area contributed by atoms with Crippen molar-refractivity contribution in [3.63, 3.8) is 0 Å². The summed E-state index contributed by atoms with van der Waals surface area (Å²) in [6.07, 6.45) is 1.72. The molecule has 0 aliphatic heterocycles. The summed E-state index contributed by atoms with van der Waals surface area (Å²) in [5, 5.41) is 3.14. The first-order chi connectivity index (χ1) is 14.9. The van der Waals surface area contributed by atoms with E-state index in [1.54, 1.807) is 18.3 Å². The van der Waals surface area contributed by atoms with Crippen LogP contribution >= 0.6 is 11.6 Å².